The molecule has 0 heterocycles. The zero-order valence-corrected chi connectivity index (χ0v) is 9.60. The summed E-state index contributed by atoms with van der Waals surface area (Å²) in [5.74, 6) is 0. The molecule has 0 bridgehead atoms. The van der Waals surface area contributed by atoms with E-state index < -0.39 is 0 Å². The molecule has 0 N–H and O–H groups in total. The normalized spacial score (nSPS) is 9.27. The van der Waals surface area contributed by atoms with E-state index in [0.717, 1.165) is 19.2 Å². The summed E-state index contributed by atoms with van der Waals surface area (Å²) >= 11 is 5.61. The van der Waals surface area contributed by atoms with Crippen LogP contribution in [0.5, 0.6) is 0 Å². The Morgan fingerprint density at radius 1 is 1.55 bits per heavy atom. The van der Waals surface area contributed by atoms with Gasteiger partial charge in [-0.1, -0.05) is 0 Å². The molecule has 0 radical (unpaired) electrons. The summed E-state index contributed by atoms with van der Waals surface area (Å²) in [5.41, 5.74) is 1.79. The van der Waals surface area contributed by atoms with Gasteiger partial charge in [-0.05, 0) is 63.1 Å². The quantitative estimate of drug-likeness (QED) is 0.673. The molecule has 0 unspecified atom stereocenters. The summed E-state index contributed by atoms with van der Waals surface area (Å²) in [6, 6.07) is 5.85. The van der Waals surface area contributed by atoms with Crippen LogP contribution in [0.3, 0.4) is 0 Å². The van der Waals surface area contributed by atoms with E-state index in [1.54, 1.807) is 0 Å². The van der Waals surface area contributed by atoms with E-state index in [0.29, 0.717) is 0 Å². The standard InChI is InChI=1S/C8H5BrIN/c1-5-6(4-11)2-3-7(9)8(5)10/h2-3H,1H3. The first-order valence-corrected chi connectivity index (χ1v) is 4.88. The molecule has 0 aliphatic rings. The maximum Gasteiger partial charge on any atom is 0.0994 e. The summed E-state index contributed by atoms with van der Waals surface area (Å²) in [4.78, 5) is 0. The van der Waals surface area contributed by atoms with Crippen LogP contribution in [-0.4, -0.2) is 0 Å². The lowest BCUT2D eigenvalue weighted by atomic mass is 10.1. The van der Waals surface area contributed by atoms with Crippen molar-refractivity contribution >= 4 is 38.5 Å². The van der Waals surface area contributed by atoms with Gasteiger partial charge in [0.1, 0.15) is 0 Å². The summed E-state index contributed by atoms with van der Waals surface area (Å²) in [7, 11) is 0. The molecule has 0 saturated heterocycles. The minimum Gasteiger partial charge on any atom is -0.192 e. The first-order valence-electron chi connectivity index (χ1n) is 3.01. The molecule has 0 aliphatic heterocycles. The molecule has 0 fully saturated rings. The predicted octanol–water partition coefficient (Wildman–Crippen LogP) is 3.23. The fourth-order valence-corrected chi connectivity index (χ4v) is 1.67. The van der Waals surface area contributed by atoms with Crippen molar-refractivity contribution in [2.24, 2.45) is 0 Å². The van der Waals surface area contributed by atoms with E-state index in [1.165, 1.54) is 0 Å². The van der Waals surface area contributed by atoms with Crippen LogP contribution in [0.4, 0.5) is 0 Å². The van der Waals surface area contributed by atoms with Gasteiger partial charge in [0.15, 0.2) is 0 Å². The highest BCUT2D eigenvalue weighted by atomic mass is 127. The Bertz CT molecular complexity index is 328. The molecule has 56 valence electrons. The fraction of sp³-hybridized carbons (Fsp3) is 0.125. The van der Waals surface area contributed by atoms with Gasteiger partial charge >= 0.3 is 0 Å². The third-order valence-electron chi connectivity index (χ3n) is 1.46. The van der Waals surface area contributed by atoms with Crippen LogP contribution in [0.15, 0.2) is 16.6 Å². The van der Waals surface area contributed by atoms with E-state index in [2.05, 4.69) is 44.6 Å². The molecule has 0 aromatic heterocycles. The van der Waals surface area contributed by atoms with Gasteiger partial charge in [0.25, 0.3) is 0 Å². The summed E-state index contributed by atoms with van der Waals surface area (Å²) in [6.07, 6.45) is 0. The van der Waals surface area contributed by atoms with Crippen molar-refractivity contribution < 1.29 is 0 Å². The van der Waals surface area contributed by atoms with E-state index in [-0.39, 0.29) is 0 Å². The van der Waals surface area contributed by atoms with Gasteiger partial charge in [0, 0.05) is 8.04 Å². The third-order valence-corrected chi connectivity index (χ3v) is 4.25. The Morgan fingerprint density at radius 2 is 2.18 bits per heavy atom. The van der Waals surface area contributed by atoms with Gasteiger partial charge in [0.05, 0.1) is 11.6 Å². The number of nitriles is 1. The van der Waals surface area contributed by atoms with Gasteiger partial charge in [-0.15, -0.1) is 0 Å². The number of halogens is 2. The van der Waals surface area contributed by atoms with E-state index >= 15 is 0 Å². The van der Waals surface area contributed by atoms with Crippen molar-refractivity contribution in [2.75, 3.05) is 0 Å². The van der Waals surface area contributed by atoms with Crippen molar-refractivity contribution in [3.05, 3.63) is 31.3 Å². The van der Waals surface area contributed by atoms with Crippen molar-refractivity contribution in [3.63, 3.8) is 0 Å². The minimum absolute atomic E-state index is 0.748. The van der Waals surface area contributed by atoms with Gasteiger partial charge in [-0.3, -0.25) is 0 Å². The zero-order chi connectivity index (χ0) is 8.43. The molecule has 1 aromatic rings. The highest BCUT2D eigenvalue weighted by Crippen LogP contribution is 2.24. The lowest BCUT2D eigenvalue weighted by Gasteiger charge is -2.01. The number of hydrogen-bond donors (Lipinski definition) is 0. The largest absolute Gasteiger partial charge is 0.192 e. The van der Waals surface area contributed by atoms with Crippen LogP contribution in [0, 0.1) is 21.8 Å². The van der Waals surface area contributed by atoms with Crippen molar-refractivity contribution in [1.82, 2.24) is 0 Å². The van der Waals surface area contributed by atoms with Gasteiger partial charge in [-0.25, -0.2) is 0 Å². The average Bonchev–Trinajstić information content (AvgIpc) is 2.01. The Hall–Kier alpha value is -0.0800. The highest BCUT2D eigenvalue weighted by molar-refractivity contribution is 14.1. The second-order valence-corrected chi connectivity index (χ2v) is 4.08. The molecular weight excluding hydrogens is 317 g/mol. The second-order valence-electron chi connectivity index (χ2n) is 2.15. The molecule has 1 rings (SSSR count). The zero-order valence-electron chi connectivity index (χ0n) is 5.86. The minimum atomic E-state index is 0.748. The van der Waals surface area contributed by atoms with Crippen molar-refractivity contribution in [1.29, 1.82) is 5.26 Å². The van der Waals surface area contributed by atoms with E-state index in [9.17, 15) is 0 Å². The van der Waals surface area contributed by atoms with Crippen molar-refractivity contribution in [2.45, 2.75) is 6.92 Å². The van der Waals surface area contributed by atoms with Crippen LogP contribution >= 0.6 is 38.5 Å². The number of nitrogens with zero attached hydrogens (tertiary/aromatic N) is 1. The summed E-state index contributed by atoms with van der Waals surface area (Å²) in [5, 5.41) is 8.67. The topological polar surface area (TPSA) is 23.8 Å². The molecule has 11 heavy (non-hydrogen) atoms. The van der Waals surface area contributed by atoms with Gasteiger partial charge in [-0.2, -0.15) is 5.26 Å². The molecule has 1 nitrogen and oxygen atoms in total. The molecule has 0 atom stereocenters. The second kappa shape index (κ2) is 3.55. The molecule has 0 aliphatic carbocycles. The Labute approximate surface area is 87.7 Å². The SMILES string of the molecule is Cc1c(C#N)ccc(Br)c1I. The predicted molar refractivity (Wildman–Crippen MR) is 56.3 cm³/mol. The van der Waals surface area contributed by atoms with Gasteiger partial charge < -0.3 is 0 Å². The molecular formula is C8H5BrIN. The summed E-state index contributed by atoms with van der Waals surface area (Å²) < 4.78 is 2.16. The molecule has 3 heteroatoms. The summed E-state index contributed by atoms with van der Waals surface area (Å²) in [6.45, 7) is 1.95. The van der Waals surface area contributed by atoms with Crippen LogP contribution in [0.2, 0.25) is 0 Å². The van der Waals surface area contributed by atoms with Crippen LogP contribution in [0.25, 0.3) is 0 Å². The molecule has 1 aromatic carbocycles. The molecule has 0 saturated carbocycles. The number of rotatable bonds is 0. The van der Waals surface area contributed by atoms with Gasteiger partial charge in [0.2, 0.25) is 0 Å². The molecule has 0 spiro atoms. The Morgan fingerprint density at radius 3 is 2.73 bits per heavy atom. The van der Waals surface area contributed by atoms with Crippen LogP contribution < -0.4 is 0 Å². The fourth-order valence-electron chi connectivity index (χ4n) is 0.773. The van der Waals surface area contributed by atoms with Crippen LogP contribution in [0.1, 0.15) is 11.1 Å². The highest BCUT2D eigenvalue weighted by Gasteiger charge is 2.03. The average molecular weight is 322 g/mol. The first kappa shape index (κ1) is 9.01. The maximum atomic E-state index is 8.67. The monoisotopic (exact) mass is 321 g/mol. The smallest absolute Gasteiger partial charge is 0.0994 e. The Kier molecular flexibility index (Phi) is 2.90. The van der Waals surface area contributed by atoms with E-state index in [4.69, 9.17) is 5.26 Å². The third kappa shape index (κ3) is 1.74. The van der Waals surface area contributed by atoms with E-state index in [1.807, 2.05) is 19.1 Å². The maximum absolute atomic E-state index is 8.67. The number of hydrogen-bond acceptors (Lipinski definition) is 1. The number of benzene rings is 1. The molecule has 0 amide bonds. The Balaban J connectivity index is 3.40. The lowest BCUT2D eigenvalue weighted by molar-refractivity contribution is 1.35. The first-order chi connectivity index (χ1) is 5.16. The van der Waals surface area contributed by atoms with Crippen molar-refractivity contribution in [3.8, 4) is 6.07 Å². The van der Waals surface area contributed by atoms with Crippen LogP contribution in [-0.2, 0) is 0 Å². The lowest BCUT2D eigenvalue weighted by Crippen LogP contribution is -1.86.